The van der Waals surface area contributed by atoms with E-state index < -0.39 is 12.1 Å². The SMILES string of the molecule is C/C(=N/NC(=O)CSCc1ccc(Cl)c(Cl)c1)c1ccc(NC(=O)C(F)(F)F)cc1. The third-order valence-corrected chi connectivity index (χ3v) is 5.40. The van der Waals surface area contributed by atoms with Gasteiger partial charge in [-0.15, -0.1) is 11.8 Å². The first-order valence-corrected chi connectivity index (χ1v) is 10.3. The molecule has 2 rings (SSSR count). The van der Waals surface area contributed by atoms with E-state index in [1.54, 1.807) is 24.4 Å². The van der Waals surface area contributed by atoms with Crippen molar-refractivity contribution in [3.05, 3.63) is 63.6 Å². The van der Waals surface area contributed by atoms with Crippen LogP contribution in [0.15, 0.2) is 47.6 Å². The number of alkyl halides is 3. The number of hydrazone groups is 1. The maximum Gasteiger partial charge on any atom is 0.471 e. The molecule has 0 atom stereocenters. The van der Waals surface area contributed by atoms with E-state index in [0.29, 0.717) is 27.1 Å². The molecule has 0 saturated carbocycles. The lowest BCUT2D eigenvalue weighted by Gasteiger charge is -2.08. The minimum atomic E-state index is -4.96. The summed E-state index contributed by atoms with van der Waals surface area (Å²) in [5.41, 5.74) is 4.37. The van der Waals surface area contributed by atoms with Gasteiger partial charge in [0.05, 0.1) is 21.5 Å². The molecule has 0 aliphatic heterocycles. The number of nitrogens with one attached hydrogen (secondary N) is 2. The number of hydrogen-bond donors (Lipinski definition) is 2. The fraction of sp³-hybridized carbons (Fsp3) is 0.211. The number of rotatable bonds is 7. The molecule has 0 heterocycles. The Kier molecular flexibility index (Phi) is 8.57. The number of benzene rings is 2. The molecule has 2 aromatic rings. The zero-order valence-corrected chi connectivity index (χ0v) is 17.8. The van der Waals surface area contributed by atoms with Crippen LogP contribution in [0.4, 0.5) is 18.9 Å². The molecule has 0 spiro atoms. The first-order chi connectivity index (χ1) is 14.1. The van der Waals surface area contributed by atoms with Gasteiger partial charge in [-0.05, 0) is 42.3 Å². The van der Waals surface area contributed by atoms with Gasteiger partial charge in [0.25, 0.3) is 0 Å². The second-order valence-corrected chi connectivity index (χ2v) is 7.80. The molecular weight excluding hydrogens is 462 g/mol. The first kappa shape index (κ1) is 24.0. The van der Waals surface area contributed by atoms with Gasteiger partial charge in [0.15, 0.2) is 0 Å². The van der Waals surface area contributed by atoms with Crippen molar-refractivity contribution in [1.82, 2.24) is 5.43 Å². The molecule has 0 aromatic heterocycles. The molecule has 0 unspecified atom stereocenters. The lowest BCUT2D eigenvalue weighted by Crippen LogP contribution is -2.29. The van der Waals surface area contributed by atoms with E-state index in [9.17, 15) is 22.8 Å². The van der Waals surface area contributed by atoms with Crippen LogP contribution in [0.2, 0.25) is 10.0 Å². The summed E-state index contributed by atoms with van der Waals surface area (Å²) in [5.74, 6) is -1.63. The molecule has 160 valence electrons. The van der Waals surface area contributed by atoms with Gasteiger partial charge in [0.2, 0.25) is 5.91 Å². The Labute approximate surface area is 185 Å². The molecule has 2 N–H and O–H groups in total. The average Bonchev–Trinajstić information content (AvgIpc) is 2.68. The normalized spacial score (nSPS) is 11.9. The zero-order chi connectivity index (χ0) is 22.3. The highest BCUT2D eigenvalue weighted by atomic mass is 35.5. The van der Waals surface area contributed by atoms with E-state index >= 15 is 0 Å². The summed E-state index contributed by atoms with van der Waals surface area (Å²) in [6.45, 7) is 1.63. The number of thioether (sulfide) groups is 1. The van der Waals surface area contributed by atoms with Gasteiger partial charge in [0, 0.05) is 11.4 Å². The van der Waals surface area contributed by atoms with Gasteiger partial charge in [-0.25, -0.2) is 5.43 Å². The van der Waals surface area contributed by atoms with Crippen molar-refractivity contribution in [1.29, 1.82) is 0 Å². The number of nitrogens with zero attached hydrogens (tertiary/aromatic N) is 1. The lowest BCUT2D eigenvalue weighted by molar-refractivity contribution is -0.167. The van der Waals surface area contributed by atoms with Crippen LogP contribution in [0.25, 0.3) is 0 Å². The minimum absolute atomic E-state index is 0.00314. The summed E-state index contributed by atoms with van der Waals surface area (Å²) in [6.07, 6.45) is -4.96. The Morgan fingerprint density at radius 3 is 2.33 bits per heavy atom. The number of amides is 2. The predicted molar refractivity (Wildman–Crippen MR) is 114 cm³/mol. The highest BCUT2D eigenvalue weighted by molar-refractivity contribution is 7.99. The predicted octanol–water partition coefficient (Wildman–Crippen LogP) is 5.27. The first-order valence-electron chi connectivity index (χ1n) is 8.39. The van der Waals surface area contributed by atoms with Gasteiger partial charge in [-0.3, -0.25) is 9.59 Å². The van der Waals surface area contributed by atoms with Gasteiger partial charge in [-0.2, -0.15) is 18.3 Å². The van der Waals surface area contributed by atoms with Crippen LogP contribution in [0.1, 0.15) is 18.1 Å². The maximum atomic E-state index is 12.3. The van der Waals surface area contributed by atoms with E-state index in [1.807, 2.05) is 6.07 Å². The second-order valence-electron chi connectivity index (χ2n) is 6.00. The van der Waals surface area contributed by atoms with Gasteiger partial charge >= 0.3 is 12.1 Å². The van der Waals surface area contributed by atoms with Crippen molar-refractivity contribution in [3.63, 3.8) is 0 Å². The fourth-order valence-electron chi connectivity index (χ4n) is 2.13. The monoisotopic (exact) mass is 477 g/mol. The molecule has 0 fully saturated rings. The quantitative estimate of drug-likeness (QED) is 0.421. The Morgan fingerprint density at radius 2 is 1.73 bits per heavy atom. The Morgan fingerprint density at radius 1 is 1.07 bits per heavy atom. The Bertz CT molecular complexity index is 951. The van der Waals surface area contributed by atoms with Crippen molar-refractivity contribution < 1.29 is 22.8 Å². The highest BCUT2D eigenvalue weighted by Crippen LogP contribution is 2.24. The maximum absolute atomic E-state index is 12.3. The van der Waals surface area contributed by atoms with Crippen LogP contribution in [0.5, 0.6) is 0 Å². The lowest BCUT2D eigenvalue weighted by atomic mass is 10.1. The van der Waals surface area contributed by atoms with Crippen molar-refractivity contribution in [2.75, 3.05) is 11.1 Å². The van der Waals surface area contributed by atoms with Crippen molar-refractivity contribution in [2.45, 2.75) is 18.9 Å². The number of carbonyl (C=O) groups excluding carboxylic acids is 2. The molecule has 5 nitrogen and oxygen atoms in total. The van der Waals surface area contributed by atoms with Gasteiger partial charge in [0.1, 0.15) is 0 Å². The Balaban J connectivity index is 1.82. The summed E-state index contributed by atoms with van der Waals surface area (Å²) in [4.78, 5) is 22.8. The topological polar surface area (TPSA) is 70.6 Å². The third kappa shape index (κ3) is 7.55. The third-order valence-electron chi connectivity index (χ3n) is 3.65. The van der Waals surface area contributed by atoms with Crippen LogP contribution in [0, 0.1) is 0 Å². The van der Waals surface area contributed by atoms with Crippen LogP contribution in [-0.2, 0) is 15.3 Å². The standard InChI is InChI=1S/C19H16Cl2F3N3O2S/c1-11(13-3-5-14(6-4-13)25-18(29)19(22,23)24)26-27-17(28)10-30-9-12-2-7-15(20)16(21)8-12/h2-8H,9-10H2,1H3,(H,25,29)(H,27,28)/b26-11-. The molecule has 30 heavy (non-hydrogen) atoms. The number of halogens is 5. The minimum Gasteiger partial charge on any atom is -0.318 e. The summed E-state index contributed by atoms with van der Waals surface area (Å²) < 4.78 is 36.8. The van der Waals surface area contributed by atoms with Crippen LogP contribution >= 0.6 is 35.0 Å². The molecular formula is C19H16Cl2F3N3O2S. The summed E-state index contributed by atoms with van der Waals surface area (Å²) in [7, 11) is 0. The molecule has 0 aliphatic carbocycles. The largest absolute Gasteiger partial charge is 0.471 e. The summed E-state index contributed by atoms with van der Waals surface area (Å²) >= 11 is 13.2. The molecule has 0 aliphatic rings. The van der Waals surface area contributed by atoms with Crippen LogP contribution in [0.3, 0.4) is 0 Å². The summed E-state index contributed by atoms with van der Waals surface area (Å²) in [5, 5.41) is 6.63. The molecule has 11 heteroatoms. The number of hydrogen-bond acceptors (Lipinski definition) is 4. The van der Waals surface area contributed by atoms with Gasteiger partial charge < -0.3 is 5.32 Å². The van der Waals surface area contributed by atoms with Crippen molar-refractivity contribution in [3.8, 4) is 0 Å². The number of carbonyl (C=O) groups is 2. The van der Waals surface area contributed by atoms with Crippen molar-refractivity contribution in [2.24, 2.45) is 5.10 Å². The van der Waals surface area contributed by atoms with E-state index in [0.717, 1.165) is 5.56 Å². The molecule has 2 amide bonds. The van der Waals surface area contributed by atoms with E-state index in [-0.39, 0.29) is 17.3 Å². The van der Waals surface area contributed by atoms with E-state index in [2.05, 4.69) is 10.5 Å². The average molecular weight is 478 g/mol. The van der Waals surface area contributed by atoms with Crippen molar-refractivity contribution >= 4 is 58.2 Å². The zero-order valence-electron chi connectivity index (χ0n) is 15.5. The molecule has 0 bridgehead atoms. The molecule has 0 saturated heterocycles. The fourth-order valence-corrected chi connectivity index (χ4v) is 3.22. The molecule has 2 aromatic carbocycles. The smallest absolute Gasteiger partial charge is 0.318 e. The number of anilines is 1. The second kappa shape index (κ2) is 10.7. The Hall–Kier alpha value is -2.23. The highest BCUT2D eigenvalue weighted by Gasteiger charge is 2.38. The van der Waals surface area contributed by atoms with Crippen LogP contribution < -0.4 is 10.7 Å². The van der Waals surface area contributed by atoms with Crippen LogP contribution in [-0.4, -0.2) is 29.5 Å². The molecule has 0 radical (unpaired) electrons. The summed E-state index contributed by atoms with van der Waals surface area (Å²) in [6, 6.07) is 10.8. The van der Waals surface area contributed by atoms with Gasteiger partial charge in [-0.1, -0.05) is 41.4 Å². The van der Waals surface area contributed by atoms with E-state index in [1.165, 1.54) is 36.0 Å². The van der Waals surface area contributed by atoms with E-state index in [4.69, 9.17) is 23.2 Å².